The summed E-state index contributed by atoms with van der Waals surface area (Å²) in [6.45, 7) is 1.75. The molecule has 1 saturated heterocycles. The molecule has 0 aliphatic carbocycles. The molecule has 1 aliphatic rings. The van der Waals surface area contributed by atoms with Gasteiger partial charge < -0.3 is 15.6 Å². The summed E-state index contributed by atoms with van der Waals surface area (Å²) in [6, 6.07) is 6.19. The molecule has 20 heavy (non-hydrogen) atoms. The zero-order chi connectivity index (χ0) is 14.6. The molecule has 1 aliphatic heterocycles. The van der Waals surface area contributed by atoms with Gasteiger partial charge in [0, 0.05) is 13.1 Å². The fourth-order valence-corrected chi connectivity index (χ4v) is 2.36. The molecule has 1 amide bonds. The van der Waals surface area contributed by atoms with E-state index in [0.717, 1.165) is 6.54 Å². The van der Waals surface area contributed by atoms with Crippen molar-refractivity contribution in [2.45, 2.75) is 18.4 Å². The quantitative estimate of drug-likeness (QED) is 0.825. The summed E-state index contributed by atoms with van der Waals surface area (Å²) in [4.78, 5) is 13.1. The molecule has 0 aromatic heterocycles. The molecule has 0 spiro atoms. The molecule has 1 fully saturated rings. The first kappa shape index (κ1) is 14.7. The smallest absolute Gasteiger partial charge is 0.250 e. The second-order valence-corrected chi connectivity index (χ2v) is 5.05. The first-order chi connectivity index (χ1) is 9.51. The lowest BCUT2D eigenvalue weighted by Crippen LogP contribution is -2.56. The summed E-state index contributed by atoms with van der Waals surface area (Å²) in [5, 5.41) is 10.1. The molecular formula is C14H19FN2O3. The number of nitrogens with two attached hydrogens (primary N) is 1. The average Bonchev–Trinajstić information content (AvgIpc) is 2.41. The van der Waals surface area contributed by atoms with Gasteiger partial charge in [0.25, 0.3) is 5.91 Å². The Morgan fingerprint density at radius 1 is 1.50 bits per heavy atom. The third-order valence-electron chi connectivity index (χ3n) is 3.51. The van der Waals surface area contributed by atoms with E-state index in [4.69, 9.17) is 10.5 Å². The second-order valence-electron chi connectivity index (χ2n) is 5.05. The van der Waals surface area contributed by atoms with E-state index in [1.54, 1.807) is 18.2 Å². The minimum atomic E-state index is -1.46. The molecule has 2 rings (SSSR count). The zero-order valence-electron chi connectivity index (χ0n) is 11.2. The van der Waals surface area contributed by atoms with Crippen LogP contribution < -0.4 is 10.5 Å². The van der Waals surface area contributed by atoms with Gasteiger partial charge in [-0.25, -0.2) is 4.39 Å². The van der Waals surface area contributed by atoms with Crippen molar-refractivity contribution < 1.29 is 19.0 Å². The van der Waals surface area contributed by atoms with Gasteiger partial charge in [-0.1, -0.05) is 12.1 Å². The van der Waals surface area contributed by atoms with E-state index < -0.39 is 17.3 Å². The monoisotopic (exact) mass is 282 g/mol. The molecule has 1 aromatic rings. The number of hydrogen-bond donors (Lipinski definition) is 2. The number of primary amides is 1. The van der Waals surface area contributed by atoms with Crippen molar-refractivity contribution in [1.82, 2.24) is 4.90 Å². The highest BCUT2D eigenvalue weighted by Crippen LogP contribution is 2.21. The van der Waals surface area contributed by atoms with Crippen molar-refractivity contribution >= 4 is 5.91 Å². The van der Waals surface area contributed by atoms with Gasteiger partial charge in [-0.05, 0) is 31.5 Å². The standard InChI is InChI=1S/C14H19FN2O3/c15-11-4-1-2-5-12(11)20-9-8-17-7-3-6-14(19,10-17)13(16)18/h1-2,4-5,19H,3,6-10H2,(H2,16,18). The van der Waals surface area contributed by atoms with Crippen LogP contribution in [0.1, 0.15) is 12.8 Å². The van der Waals surface area contributed by atoms with Gasteiger partial charge in [-0.15, -0.1) is 0 Å². The van der Waals surface area contributed by atoms with E-state index >= 15 is 0 Å². The van der Waals surface area contributed by atoms with Crippen LogP contribution in [0, 0.1) is 5.82 Å². The van der Waals surface area contributed by atoms with Crippen molar-refractivity contribution in [2.75, 3.05) is 26.2 Å². The van der Waals surface area contributed by atoms with E-state index in [-0.39, 0.29) is 18.9 Å². The van der Waals surface area contributed by atoms with Crippen LogP contribution in [0.15, 0.2) is 24.3 Å². The number of halogens is 1. The number of nitrogens with zero attached hydrogens (tertiary/aromatic N) is 1. The maximum absolute atomic E-state index is 13.3. The third kappa shape index (κ3) is 3.46. The van der Waals surface area contributed by atoms with Gasteiger partial charge >= 0.3 is 0 Å². The Hall–Kier alpha value is -1.66. The molecule has 0 saturated carbocycles. The molecule has 1 aromatic carbocycles. The predicted molar refractivity (Wildman–Crippen MR) is 71.7 cm³/mol. The van der Waals surface area contributed by atoms with E-state index in [0.29, 0.717) is 19.4 Å². The van der Waals surface area contributed by atoms with E-state index in [9.17, 15) is 14.3 Å². The van der Waals surface area contributed by atoms with Crippen LogP contribution in [0.2, 0.25) is 0 Å². The summed E-state index contributed by atoms with van der Waals surface area (Å²) in [5.41, 5.74) is 3.74. The lowest BCUT2D eigenvalue weighted by atomic mass is 9.92. The number of piperidine rings is 1. The maximum atomic E-state index is 13.3. The Bertz CT molecular complexity index is 483. The topological polar surface area (TPSA) is 75.8 Å². The van der Waals surface area contributed by atoms with Crippen LogP contribution in [-0.4, -0.2) is 47.8 Å². The fourth-order valence-electron chi connectivity index (χ4n) is 2.36. The number of hydrogen-bond acceptors (Lipinski definition) is 4. The van der Waals surface area contributed by atoms with E-state index in [2.05, 4.69) is 0 Å². The number of β-amino-alcohol motifs (C(OH)–C–C–N with tert-alkyl or cyclic N) is 1. The molecular weight excluding hydrogens is 263 g/mol. The normalized spacial score (nSPS) is 23.5. The van der Waals surface area contributed by atoms with Crippen molar-refractivity contribution in [3.8, 4) is 5.75 Å². The number of aliphatic hydroxyl groups is 1. The van der Waals surface area contributed by atoms with Gasteiger partial charge in [0.2, 0.25) is 0 Å². The van der Waals surface area contributed by atoms with Crippen LogP contribution in [0.3, 0.4) is 0 Å². The number of amides is 1. The highest BCUT2D eigenvalue weighted by Gasteiger charge is 2.38. The van der Waals surface area contributed by atoms with Crippen LogP contribution >= 0.6 is 0 Å². The number of carbonyl (C=O) groups excluding carboxylic acids is 1. The molecule has 110 valence electrons. The molecule has 0 bridgehead atoms. The Kier molecular flexibility index (Phi) is 4.57. The van der Waals surface area contributed by atoms with Crippen LogP contribution in [0.4, 0.5) is 4.39 Å². The van der Waals surface area contributed by atoms with Crippen molar-refractivity contribution in [3.05, 3.63) is 30.1 Å². The predicted octanol–water partition coefficient (Wildman–Crippen LogP) is 0.517. The third-order valence-corrected chi connectivity index (χ3v) is 3.51. The van der Waals surface area contributed by atoms with Crippen molar-refractivity contribution in [3.63, 3.8) is 0 Å². The number of likely N-dealkylation sites (tertiary alicyclic amines) is 1. The number of carbonyl (C=O) groups is 1. The largest absolute Gasteiger partial charge is 0.489 e. The minimum Gasteiger partial charge on any atom is -0.489 e. The van der Waals surface area contributed by atoms with Crippen LogP contribution in [0.5, 0.6) is 5.75 Å². The van der Waals surface area contributed by atoms with E-state index in [1.165, 1.54) is 6.07 Å². The SMILES string of the molecule is NC(=O)C1(O)CCCN(CCOc2ccccc2F)C1. The summed E-state index contributed by atoms with van der Waals surface area (Å²) in [6.07, 6.45) is 1.08. The molecule has 5 nitrogen and oxygen atoms in total. The number of ether oxygens (including phenoxy) is 1. The summed E-state index contributed by atoms with van der Waals surface area (Å²) in [5.74, 6) is -0.897. The number of para-hydroxylation sites is 1. The lowest BCUT2D eigenvalue weighted by molar-refractivity contribution is -0.142. The number of rotatable bonds is 5. The summed E-state index contributed by atoms with van der Waals surface area (Å²) >= 11 is 0. The Labute approximate surface area is 117 Å². The van der Waals surface area contributed by atoms with Crippen LogP contribution in [0.25, 0.3) is 0 Å². The second kappa shape index (κ2) is 6.19. The first-order valence-corrected chi connectivity index (χ1v) is 6.63. The van der Waals surface area contributed by atoms with Gasteiger partial charge in [0.15, 0.2) is 17.2 Å². The molecule has 1 atom stereocenters. The van der Waals surface area contributed by atoms with Gasteiger partial charge in [0.05, 0.1) is 0 Å². The Morgan fingerprint density at radius 3 is 2.95 bits per heavy atom. The average molecular weight is 282 g/mol. The Morgan fingerprint density at radius 2 is 2.25 bits per heavy atom. The molecule has 1 unspecified atom stereocenters. The molecule has 0 radical (unpaired) electrons. The van der Waals surface area contributed by atoms with Crippen molar-refractivity contribution in [2.24, 2.45) is 5.73 Å². The molecule has 1 heterocycles. The molecule has 3 N–H and O–H groups in total. The van der Waals surface area contributed by atoms with Gasteiger partial charge in [-0.3, -0.25) is 9.69 Å². The molecule has 6 heteroatoms. The number of benzene rings is 1. The minimum absolute atomic E-state index is 0.197. The van der Waals surface area contributed by atoms with Crippen LogP contribution in [-0.2, 0) is 4.79 Å². The van der Waals surface area contributed by atoms with Gasteiger partial charge in [0.1, 0.15) is 6.61 Å². The fraction of sp³-hybridized carbons (Fsp3) is 0.500. The highest BCUT2D eigenvalue weighted by atomic mass is 19.1. The van der Waals surface area contributed by atoms with Gasteiger partial charge in [-0.2, -0.15) is 0 Å². The lowest BCUT2D eigenvalue weighted by Gasteiger charge is -2.36. The zero-order valence-corrected chi connectivity index (χ0v) is 11.2. The van der Waals surface area contributed by atoms with E-state index in [1.807, 2.05) is 4.90 Å². The summed E-state index contributed by atoms with van der Waals surface area (Å²) in [7, 11) is 0. The maximum Gasteiger partial charge on any atom is 0.250 e. The Balaban J connectivity index is 1.83. The summed E-state index contributed by atoms with van der Waals surface area (Å²) < 4.78 is 18.7. The first-order valence-electron chi connectivity index (χ1n) is 6.63. The van der Waals surface area contributed by atoms with Crippen molar-refractivity contribution in [1.29, 1.82) is 0 Å². The highest BCUT2D eigenvalue weighted by molar-refractivity contribution is 5.83.